The Morgan fingerprint density at radius 3 is 2.25 bits per heavy atom. The summed E-state index contributed by atoms with van der Waals surface area (Å²) in [5.41, 5.74) is 1.22. The van der Waals surface area contributed by atoms with E-state index in [0.717, 1.165) is 0 Å². The van der Waals surface area contributed by atoms with Gasteiger partial charge >= 0.3 is 10.4 Å². The van der Waals surface area contributed by atoms with E-state index in [4.69, 9.17) is 4.55 Å². The molecule has 2 aromatic carbocycles. The van der Waals surface area contributed by atoms with Gasteiger partial charge in [-0.15, -0.1) is 0 Å². The van der Waals surface area contributed by atoms with Crippen LogP contribution in [-0.4, -0.2) is 18.8 Å². The van der Waals surface area contributed by atoms with Gasteiger partial charge in [-0.1, -0.05) is 54.6 Å². The minimum Gasteiger partial charge on any atom is -0.289 e. The van der Waals surface area contributed by atoms with Gasteiger partial charge in [0.05, 0.1) is 6.61 Å². The van der Waals surface area contributed by atoms with Crippen molar-refractivity contribution in [1.29, 1.82) is 0 Å². The van der Waals surface area contributed by atoms with Gasteiger partial charge in [-0.3, -0.25) is 9.35 Å². The first kappa shape index (κ1) is 14.4. The molecular weight excluding hydrogens is 280 g/mol. The first-order valence-electron chi connectivity index (χ1n) is 5.77. The van der Waals surface area contributed by atoms with Crippen LogP contribution < -0.4 is 0 Å². The average molecular weight is 292 g/mol. The van der Waals surface area contributed by atoms with Gasteiger partial charge in [0.15, 0.2) is 5.78 Å². The zero-order chi connectivity index (χ0) is 14.6. The Morgan fingerprint density at radius 2 is 1.60 bits per heavy atom. The van der Waals surface area contributed by atoms with Crippen molar-refractivity contribution in [1.82, 2.24) is 0 Å². The van der Waals surface area contributed by atoms with Crippen molar-refractivity contribution in [3.8, 4) is 0 Å². The summed E-state index contributed by atoms with van der Waals surface area (Å²) in [5.74, 6) is -0.236. The van der Waals surface area contributed by atoms with Crippen LogP contribution in [0.5, 0.6) is 0 Å². The van der Waals surface area contributed by atoms with E-state index in [0.29, 0.717) is 16.7 Å². The summed E-state index contributed by atoms with van der Waals surface area (Å²) < 4.78 is 34.1. The Labute approximate surface area is 116 Å². The van der Waals surface area contributed by atoms with Gasteiger partial charge in [0.2, 0.25) is 0 Å². The van der Waals surface area contributed by atoms with Crippen LogP contribution in [0.25, 0.3) is 0 Å². The lowest BCUT2D eigenvalue weighted by atomic mass is 9.99. The summed E-state index contributed by atoms with van der Waals surface area (Å²) in [5, 5.41) is 0. The number of ketones is 1. The second-order valence-corrected chi connectivity index (χ2v) is 5.13. The van der Waals surface area contributed by atoms with Gasteiger partial charge in [0.1, 0.15) is 0 Å². The fraction of sp³-hybridized carbons (Fsp3) is 0.0714. The van der Waals surface area contributed by atoms with E-state index < -0.39 is 17.0 Å². The number of carbonyl (C=O) groups excluding carboxylic acids is 1. The maximum atomic E-state index is 12.3. The van der Waals surface area contributed by atoms with Gasteiger partial charge in [0.25, 0.3) is 0 Å². The highest BCUT2D eigenvalue weighted by Crippen LogP contribution is 2.16. The zero-order valence-corrected chi connectivity index (χ0v) is 11.2. The monoisotopic (exact) mass is 292 g/mol. The van der Waals surface area contributed by atoms with Crippen molar-refractivity contribution in [2.24, 2.45) is 0 Å². The van der Waals surface area contributed by atoms with E-state index in [1.165, 1.54) is 0 Å². The van der Waals surface area contributed by atoms with Crippen LogP contribution in [0.3, 0.4) is 0 Å². The number of hydrogen-bond donors (Lipinski definition) is 1. The topological polar surface area (TPSA) is 80.7 Å². The summed E-state index contributed by atoms with van der Waals surface area (Å²) in [7, 11) is -4.54. The Kier molecular flexibility index (Phi) is 4.29. The molecule has 0 bridgehead atoms. The predicted octanol–water partition coefficient (Wildman–Crippen LogP) is 2.24. The van der Waals surface area contributed by atoms with Crippen LogP contribution in [0.15, 0.2) is 54.6 Å². The van der Waals surface area contributed by atoms with E-state index in [1.54, 1.807) is 54.6 Å². The standard InChI is InChI=1S/C14H12O5S/c15-14(11-6-2-1-3-7-11)13-9-5-4-8-12(13)10-19-20(16,17)18/h1-9H,10H2,(H,16,17,18). The highest BCUT2D eigenvalue weighted by atomic mass is 32.3. The predicted molar refractivity (Wildman–Crippen MR) is 72.7 cm³/mol. The molecule has 0 atom stereocenters. The number of carbonyl (C=O) groups is 1. The fourth-order valence-electron chi connectivity index (χ4n) is 1.75. The third-order valence-electron chi connectivity index (χ3n) is 2.66. The van der Waals surface area contributed by atoms with Crippen molar-refractivity contribution in [3.63, 3.8) is 0 Å². The summed E-state index contributed by atoms with van der Waals surface area (Å²) in [6.07, 6.45) is 0. The molecule has 0 radical (unpaired) electrons. The maximum Gasteiger partial charge on any atom is 0.397 e. The summed E-state index contributed by atoms with van der Waals surface area (Å²) in [4.78, 5) is 12.3. The highest BCUT2D eigenvalue weighted by molar-refractivity contribution is 7.80. The maximum absolute atomic E-state index is 12.3. The fourth-order valence-corrected chi connectivity index (χ4v) is 2.03. The van der Waals surface area contributed by atoms with Crippen molar-refractivity contribution in [2.45, 2.75) is 6.61 Å². The molecule has 5 nitrogen and oxygen atoms in total. The molecule has 2 rings (SSSR count). The molecule has 0 aromatic heterocycles. The minimum absolute atomic E-state index is 0.236. The Hall–Kier alpha value is -2.02. The summed E-state index contributed by atoms with van der Waals surface area (Å²) in [6.45, 7) is -0.395. The SMILES string of the molecule is O=C(c1ccccc1)c1ccccc1COS(=O)(=O)O. The lowest BCUT2D eigenvalue weighted by Crippen LogP contribution is -2.09. The molecular formula is C14H12O5S. The summed E-state index contributed by atoms with van der Waals surface area (Å²) in [6, 6.07) is 15.1. The first-order chi connectivity index (χ1) is 9.47. The van der Waals surface area contributed by atoms with Gasteiger partial charge in [-0.25, -0.2) is 4.18 Å². The second-order valence-electron chi connectivity index (χ2n) is 4.04. The molecule has 0 saturated heterocycles. The molecule has 2 aromatic rings. The molecule has 0 unspecified atom stereocenters. The Balaban J connectivity index is 2.31. The molecule has 0 spiro atoms. The highest BCUT2D eigenvalue weighted by Gasteiger charge is 2.14. The van der Waals surface area contributed by atoms with E-state index in [1.807, 2.05) is 0 Å². The van der Waals surface area contributed by atoms with Gasteiger partial charge in [0, 0.05) is 11.1 Å². The smallest absolute Gasteiger partial charge is 0.289 e. The normalized spacial score (nSPS) is 11.2. The van der Waals surface area contributed by atoms with Crippen LogP contribution in [0.4, 0.5) is 0 Å². The number of rotatable bonds is 5. The summed E-state index contributed by atoms with van der Waals surface area (Å²) >= 11 is 0. The van der Waals surface area contributed by atoms with E-state index in [9.17, 15) is 13.2 Å². The Morgan fingerprint density at radius 1 is 1.00 bits per heavy atom. The van der Waals surface area contributed by atoms with Crippen LogP contribution in [0, 0.1) is 0 Å². The molecule has 0 aliphatic carbocycles. The van der Waals surface area contributed by atoms with Crippen molar-refractivity contribution >= 4 is 16.2 Å². The average Bonchev–Trinajstić information content (AvgIpc) is 2.45. The van der Waals surface area contributed by atoms with Crippen LogP contribution >= 0.6 is 0 Å². The molecule has 0 heterocycles. The van der Waals surface area contributed by atoms with E-state index in [-0.39, 0.29) is 5.78 Å². The molecule has 0 fully saturated rings. The lowest BCUT2D eigenvalue weighted by molar-refractivity contribution is 0.103. The zero-order valence-electron chi connectivity index (χ0n) is 10.4. The molecule has 0 aliphatic rings. The molecule has 104 valence electrons. The van der Waals surface area contributed by atoms with E-state index in [2.05, 4.69) is 4.18 Å². The third kappa shape index (κ3) is 3.74. The van der Waals surface area contributed by atoms with Crippen LogP contribution in [-0.2, 0) is 21.2 Å². The molecule has 0 amide bonds. The van der Waals surface area contributed by atoms with Crippen molar-refractivity contribution < 1.29 is 21.9 Å². The lowest BCUT2D eigenvalue weighted by Gasteiger charge is -2.08. The third-order valence-corrected chi connectivity index (χ3v) is 3.08. The Bertz CT molecular complexity index is 707. The second kappa shape index (κ2) is 5.96. The van der Waals surface area contributed by atoms with Crippen LogP contribution in [0.2, 0.25) is 0 Å². The minimum atomic E-state index is -4.54. The molecule has 20 heavy (non-hydrogen) atoms. The molecule has 0 saturated carbocycles. The first-order valence-corrected chi connectivity index (χ1v) is 7.13. The van der Waals surface area contributed by atoms with E-state index >= 15 is 0 Å². The van der Waals surface area contributed by atoms with Crippen molar-refractivity contribution in [2.75, 3.05) is 0 Å². The number of hydrogen-bond acceptors (Lipinski definition) is 4. The van der Waals surface area contributed by atoms with Gasteiger partial charge in [-0.2, -0.15) is 8.42 Å². The molecule has 1 N–H and O–H groups in total. The molecule has 0 aliphatic heterocycles. The number of benzene rings is 2. The molecule has 6 heteroatoms. The van der Waals surface area contributed by atoms with Gasteiger partial charge < -0.3 is 0 Å². The van der Waals surface area contributed by atoms with Crippen molar-refractivity contribution in [3.05, 3.63) is 71.3 Å². The largest absolute Gasteiger partial charge is 0.397 e. The van der Waals surface area contributed by atoms with Gasteiger partial charge in [-0.05, 0) is 5.56 Å². The van der Waals surface area contributed by atoms with Crippen LogP contribution in [0.1, 0.15) is 21.5 Å². The quantitative estimate of drug-likeness (QED) is 0.675.